The van der Waals surface area contributed by atoms with Gasteiger partial charge < -0.3 is 4.74 Å². The van der Waals surface area contributed by atoms with E-state index in [0.717, 1.165) is 5.56 Å². The Balaban J connectivity index is 1.99. The molecule has 1 heterocycles. The lowest BCUT2D eigenvalue weighted by Gasteiger charge is -2.07. The fraction of sp³-hybridized carbons (Fsp3) is 0.286. The number of nitrogens with one attached hydrogen (secondary N) is 1. The highest BCUT2D eigenvalue weighted by molar-refractivity contribution is 5.92. The normalized spacial score (nSPS) is 11.7. The second-order valence-corrected chi connectivity index (χ2v) is 4.44. The van der Waals surface area contributed by atoms with Gasteiger partial charge in [-0.1, -0.05) is 12.1 Å². The van der Waals surface area contributed by atoms with E-state index in [1.54, 1.807) is 23.7 Å². The highest BCUT2D eigenvalue weighted by Gasteiger charge is 2.13. The molecule has 0 aliphatic rings. The van der Waals surface area contributed by atoms with E-state index in [1.807, 2.05) is 12.1 Å². The molecule has 0 saturated heterocycles. The first-order chi connectivity index (χ1) is 10.1. The van der Waals surface area contributed by atoms with Crippen LogP contribution in [0.15, 0.2) is 30.6 Å². The summed E-state index contributed by atoms with van der Waals surface area (Å²) in [5, 5.41) is 15.5. The molecule has 0 aliphatic heterocycles. The van der Waals surface area contributed by atoms with Gasteiger partial charge in [-0.3, -0.25) is 10.1 Å². The van der Waals surface area contributed by atoms with Gasteiger partial charge in [0.2, 0.25) is 5.95 Å². The topological polar surface area (TPSA) is 92.8 Å². The monoisotopic (exact) mass is 285 g/mol. The van der Waals surface area contributed by atoms with Crippen LogP contribution >= 0.6 is 0 Å². The molecule has 2 rings (SSSR count). The van der Waals surface area contributed by atoms with Crippen LogP contribution < -0.4 is 5.32 Å². The number of aromatic nitrogens is 3. The number of carbonyl (C=O) groups excluding carboxylic acids is 1. The summed E-state index contributed by atoms with van der Waals surface area (Å²) in [5.41, 5.74) is 1.60. The number of hydrogen-bond acceptors (Lipinski definition) is 5. The van der Waals surface area contributed by atoms with Crippen LogP contribution in [0.3, 0.4) is 0 Å². The Morgan fingerprint density at radius 1 is 1.48 bits per heavy atom. The third-order valence-corrected chi connectivity index (χ3v) is 2.92. The third-order valence-electron chi connectivity index (χ3n) is 2.92. The molecule has 2 aromatic rings. The van der Waals surface area contributed by atoms with Crippen LogP contribution in [0, 0.1) is 11.3 Å². The lowest BCUT2D eigenvalue weighted by Crippen LogP contribution is -2.27. The van der Waals surface area contributed by atoms with Crippen LogP contribution in [0.25, 0.3) is 0 Å². The maximum Gasteiger partial charge on any atom is 0.255 e. The highest BCUT2D eigenvalue weighted by atomic mass is 16.5. The van der Waals surface area contributed by atoms with Gasteiger partial charge in [0, 0.05) is 7.11 Å². The number of ether oxygens (including phenoxy) is 1. The number of hydrogen-bond donors (Lipinski definition) is 1. The van der Waals surface area contributed by atoms with Gasteiger partial charge in [0.25, 0.3) is 5.91 Å². The summed E-state index contributed by atoms with van der Waals surface area (Å²) in [6, 6.07) is 9.26. The maximum absolute atomic E-state index is 11.6. The Hall–Kier alpha value is -2.72. The van der Waals surface area contributed by atoms with Gasteiger partial charge in [0.1, 0.15) is 12.4 Å². The Morgan fingerprint density at radius 2 is 2.19 bits per heavy atom. The van der Waals surface area contributed by atoms with Crippen LogP contribution in [0.2, 0.25) is 0 Å². The molecule has 0 radical (unpaired) electrons. The van der Waals surface area contributed by atoms with Gasteiger partial charge >= 0.3 is 0 Å². The molecule has 0 spiro atoms. The van der Waals surface area contributed by atoms with E-state index in [0.29, 0.717) is 12.1 Å². The highest BCUT2D eigenvalue weighted by Crippen LogP contribution is 2.06. The zero-order chi connectivity index (χ0) is 15.2. The van der Waals surface area contributed by atoms with Crippen molar-refractivity contribution in [3.63, 3.8) is 0 Å². The summed E-state index contributed by atoms with van der Waals surface area (Å²) in [6.07, 6.45) is 0.973. The van der Waals surface area contributed by atoms with Gasteiger partial charge in [-0.05, 0) is 24.6 Å². The van der Waals surface area contributed by atoms with Crippen LogP contribution in [0.4, 0.5) is 5.95 Å². The molecule has 0 aliphatic carbocycles. The largest absolute Gasteiger partial charge is 0.372 e. The molecule has 1 amide bonds. The van der Waals surface area contributed by atoms with E-state index in [2.05, 4.69) is 21.5 Å². The summed E-state index contributed by atoms with van der Waals surface area (Å²) in [4.78, 5) is 15.6. The molecule has 1 atom stereocenters. The Morgan fingerprint density at radius 3 is 2.81 bits per heavy atom. The standard InChI is InChI=1S/C14H15N5O2/c1-10(21-2)13(20)17-14-16-9-19(18-14)8-12-5-3-11(7-15)4-6-12/h3-6,9-10H,8H2,1-2H3,(H,17,18,20)/t10-/m0/s1. The first-order valence-electron chi connectivity index (χ1n) is 6.34. The number of nitrogens with zero attached hydrogens (tertiary/aromatic N) is 4. The number of carbonyl (C=O) groups is 1. The van der Waals surface area contributed by atoms with Crippen molar-refractivity contribution < 1.29 is 9.53 Å². The lowest BCUT2D eigenvalue weighted by molar-refractivity contribution is -0.124. The van der Waals surface area contributed by atoms with Crippen LogP contribution in [-0.4, -0.2) is 33.9 Å². The molecule has 0 bridgehead atoms. The van der Waals surface area contributed by atoms with Gasteiger partial charge in [-0.15, -0.1) is 5.10 Å². The first-order valence-corrected chi connectivity index (χ1v) is 6.34. The number of amides is 1. The zero-order valence-electron chi connectivity index (χ0n) is 11.8. The van der Waals surface area contributed by atoms with Gasteiger partial charge in [-0.25, -0.2) is 9.67 Å². The van der Waals surface area contributed by atoms with Crippen molar-refractivity contribution >= 4 is 11.9 Å². The molecule has 7 nitrogen and oxygen atoms in total. The molecule has 108 valence electrons. The molecule has 0 saturated carbocycles. The molecule has 1 aromatic heterocycles. The molecule has 0 fully saturated rings. The molecular weight excluding hydrogens is 270 g/mol. The van der Waals surface area contributed by atoms with Gasteiger partial charge in [0.15, 0.2) is 0 Å². The predicted octanol–water partition coefficient (Wildman–Crippen LogP) is 1.17. The van der Waals surface area contributed by atoms with Crippen LogP contribution in [0.5, 0.6) is 0 Å². The Labute approximate surface area is 122 Å². The van der Waals surface area contributed by atoms with Gasteiger partial charge in [0.05, 0.1) is 18.2 Å². The number of nitriles is 1. The molecule has 1 aromatic carbocycles. The van der Waals surface area contributed by atoms with Crippen molar-refractivity contribution in [3.05, 3.63) is 41.7 Å². The van der Waals surface area contributed by atoms with Crippen LogP contribution in [-0.2, 0) is 16.1 Å². The fourth-order valence-corrected chi connectivity index (χ4v) is 1.62. The fourth-order valence-electron chi connectivity index (χ4n) is 1.62. The van der Waals surface area contributed by atoms with Gasteiger partial charge in [-0.2, -0.15) is 5.26 Å². The predicted molar refractivity (Wildman–Crippen MR) is 75.4 cm³/mol. The molecule has 0 unspecified atom stereocenters. The lowest BCUT2D eigenvalue weighted by atomic mass is 10.1. The molecular formula is C14H15N5O2. The number of methoxy groups -OCH3 is 1. The van der Waals surface area contributed by atoms with E-state index in [4.69, 9.17) is 10.00 Å². The second-order valence-electron chi connectivity index (χ2n) is 4.44. The number of benzene rings is 1. The third kappa shape index (κ3) is 3.87. The summed E-state index contributed by atoms with van der Waals surface area (Å²) in [7, 11) is 1.46. The summed E-state index contributed by atoms with van der Waals surface area (Å²) in [5.74, 6) is -0.0637. The van der Waals surface area contributed by atoms with Crippen molar-refractivity contribution in [3.8, 4) is 6.07 Å². The number of rotatable bonds is 5. The van der Waals surface area contributed by atoms with Crippen molar-refractivity contribution in [2.75, 3.05) is 12.4 Å². The average molecular weight is 285 g/mol. The number of anilines is 1. The first kappa shape index (κ1) is 14.7. The molecule has 1 N–H and O–H groups in total. The van der Waals surface area contributed by atoms with Crippen LogP contribution in [0.1, 0.15) is 18.1 Å². The van der Waals surface area contributed by atoms with Crippen molar-refractivity contribution in [2.24, 2.45) is 0 Å². The quantitative estimate of drug-likeness (QED) is 0.890. The van der Waals surface area contributed by atoms with E-state index >= 15 is 0 Å². The van der Waals surface area contributed by atoms with E-state index in [9.17, 15) is 4.79 Å². The van der Waals surface area contributed by atoms with Crippen molar-refractivity contribution in [2.45, 2.75) is 19.6 Å². The smallest absolute Gasteiger partial charge is 0.255 e. The summed E-state index contributed by atoms with van der Waals surface area (Å²) in [6.45, 7) is 2.15. The van der Waals surface area contributed by atoms with E-state index in [1.165, 1.54) is 13.4 Å². The summed E-state index contributed by atoms with van der Waals surface area (Å²) >= 11 is 0. The van der Waals surface area contributed by atoms with E-state index < -0.39 is 6.10 Å². The SMILES string of the molecule is CO[C@@H](C)C(=O)Nc1ncn(Cc2ccc(C#N)cc2)n1. The minimum atomic E-state index is -0.560. The maximum atomic E-state index is 11.6. The average Bonchev–Trinajstić information content (AvgIpc) is 2.94. The Bertz CT molecular complexity index is 657. The molecule has 7 heteroatoms. The second kappa shape index (κ2) is 6.63. The van der Waals surface area contributed by atoms with Crippen molar-refractivity contribution in [1.29, 1.82) is 5.26 Å². The van der Waals surface area contributed by atoms with Crippen molar-refractivity contribution in [1.82, 2.24) is 14.8 Å². The van der Waals surface area contributed by atoms with E-state index in [-0.39, 0.29) is 11.9 Å². The molecule has 21 heavy (non-hydrogen) atoms. The minimum absolute atomic E-state index is 0.234. The Kier molecular flexibility index (Phi) is 4.64. The zero-order valence-corrected chi connectivity index (χ0v) is 11.8. The summed E-state index contributed by atoms with van der Waals surface area (Å²) < 4.78 is 6.51. The minimum Gasteiger partial charge on any atom is -0.372 e.